The Bertz CT molecular complexity index is 2120. The van der Waals surface area contributed by atoms with Gasteiger partial charge in [-0.05, 0) is 70.8 Å². The number of allylic oxidation sites excluding steroid dienone is 4. The molecule has 7 rings (SSSR count). The van der Waals surface area contributed by atoms with Gasteiger partial charge in [-0.1, -0.05) is 76.6 Å². The summed E-state index contributed by atoms with van der Waals surface area (Å²) in [5, 5.41) is 8.84. The number of aromatic nitrogens is 1. The van der Waals surface area contributed by atoms with E-state index in [0.717, 1.165) is 37.3 Å². The number of hydrazone groups is 1. The van der Waals surface area contributed by atoms with Crippen LogP contribution in [0.4, 0.5) is 11.4 Å². The SMILES string of the molecule is O=C1C=CC(=NNc2cccc3ccccc23)C=C1C=Nc1ccc2oc(-c3cccc4c(Br)cccc34)nc2c1. The van der Waals surface area contributed by atoms with E-state index in [0.29, 0.717) is 34.0 Å². The van der Waals surface area contributed by atoms with Crippen LogP contribution in [0.3, 0.4) is 0 Å². The summed E-state index contributed by atoms with van der Waals surface area (Å²) >= 11 is 3.62. The van der Waals surface area contributed by atoms with Crippen molar-refractivity contribution < 1.29 is 9.21 Å². The first kappa shape index (κ1) is 24.9. The predicted octanol–water partition coefficient (Wildman–Crippen LogP) is 8.80. The molecule has 5 aromatic carbocycles. The number of carbonyl (C=O) groups is 1. The minimum absolute atomic E-state index is 0.134. The Morgan fingerprint density at radius 2 is 1.63 bits per heavy atom. The second-order valence-corrected chi connectivity index (χ2v) is 10.4. The van der Waals surface area contributed by atoms with Crippen LogP contribution in [0.2, 0.25) is 0 Å². The third kappa shape index (κ3) is 4.88. The van der Waals surface area contributed by atoms with E-state index in [4.69, 9.17) is 9.40 Å². The van der Waals surface area contributed by atoms with E-state index >= 15 is 0 Å². The molecule has 0 fully saturated rings. The Hall–Kier alpha value is -5.14. The molecule has 0 saturated carbocycles. The van der Waals surface area contributed by atoms with Crippen molar-refractivity contribution in [2.75, 3.05) is 5.43 Å². The van der Waals surface area contributed by atoms with Crippen LogP contribution in [-0.4, -0.2) is 22.7 Å². The van der Waals surface area contributed by atoms with Crippen molar-refractivity contribution in [2.45, 2.75) is 0 Å². The number of ketones is 1. The maximum absolute atomic E-state index is 12.6. The molecular weight excluding hydrogens is 576 g/mol. The predicted molar refractivity (Wildman–Crippen MR) is 170 cm³/mol. The first-order valence-corrected chi connectivity index (χ1v) is 13.8. The van der Waals surface area contributed by atoms with Crippen LogP contribution in [0, 0.1) is 0 Å². The number of hydrogen-bond acceptors (Lipinski definition) is 6. The summed E-state index contributed by atoms with van der Waals surface area (Å²) in [6, 6.07) is 31.8. The normalized spacial score (nSPS) is 14.5. The number of benzene rings is 5. The zero-order valence-corrected chi connectivity index (χ0v) is 23.2. The lowest BCUT2D eigenvalue weighted by Crippen LogP contribution is -2.10. The number of nitrogens with one attached hydrogen (secondary N) is 1. The fourth-order valence-corrected chi connectivity index (χ4v) is 5.37. The lowest BCUT2D eigenvalue weighted by atomic mass is 10.0. The first-order valence-electron chi connectivity index (χ1n) is 13.0. The van der Waals surface area contributed by atoms with Gasteiger partial charge in [0.05, 0.1) is 17.1 Å². The molecule has 1 aliphatic carbocycles. The van der Waals surface area contributed by atoms with Crippen molar-refractivity contribution in [3.05, 3.63) is 125 Å². The molecule has 0 radical (unpaired) electrons. The molecule has 0 bridgehead atoms. The van der Waals surface area contributed by atoms with Crippen LogP contribution in [0.15, 0.2) is 140 Å². The van der Waals surface area contributed by atoms with Gasteiger partial charge in [-0.15, -0.1) is 0 Å². The van der Waals surface area contributed by atoms with E-state index in [1.807, 2.05) is 72.8 Å². The number of anilines is 1. The highest BCUT2D eigenvalue weighted by Gasteiger charge is 2.14. The molecule has 0 spiro atoms. The highest BCUT2D eigenvalue weighted by molar-refractivity contribution is 9.10. The average Bonchev–Trinajstić information content (AvgIpc) is 3.43. The minimum atomic E-state index is -0.134. The van der Waals surface area contributed by atoms with Gasteiger partial charge in [0.25, 0.3) is 0 Å². The van der Waals surface area contributed by atoms with E-state index in [-0.39, 0.29) is 5.78 Å². The van der Waals surface area contributed by atoms with Gasteiger partial charge in [-0.3, -0.25) is 15.2 Å². The van der Waals surface area contributed by atoms with Crippen LogP contribution in [0.1, 0.15) is 0 Å². The summed E-state index contributed by atoms with van der Waals surface area (Å²) in [7, 11) is 0. The van der Waals surface area contributed by atoms with Crippen molar-refractivity contribution in [1.29, 1.82) is 0 Å². The molecule has 7 heteroatoms. The van der Waals surface area contributed by atoms with Crippen molar-refractivity contribution in [1.82, 2.24) is 4.98 Å². The molecule has 0 unspecified atom stereocenters. The zero-order chi connectivity index (χ0) is 27.8. The summed E-state index contributed by atoms with van der Waals surface area (Å²) in [6.45, 7) is 0. The van der Waals surface area contributed by atoms with E-state index in [9.17, 15) is 4.79 Å². The number of aliphatic imine (C=N–C) groups is 1. The molecular formula is C34H21BrN4O2. The van der Waals surface area contributed by atoms with E-state index in [1.54, 1.807) is 18.4 Å². The number of oxazole rings is 1. The first-order chi connectivity index (χ1) is 20.1. The smallest absolute Gasteiger partial charge is 0.227 e. The van der Waals surface area contributed by atoms with Crippen molar-refractivity contribution in [3.8, 4) is 11.5 Å². The van der Waals surface area contributed by atoms with Gasteiger partial charge in [-0.2, -0.15) is 5.10 Å². The summed E-state index contributed by atoms with van der Waals surface area (Å²) in [4.78, 5) is 21.9. The number of fused-ring (bicyclic) bond motifs is 3. The quantitative estimate of drug-likeness (QED) is 0.122. The standard InChI is InChI=1S/C34H21BrN4O2/c35-29-12-5-9-26-27(29)10-4-11-28(26)34-37-31-19-23(15-17-33(31)41-34)36-20-22-18-24(14-16-32(22)40)38-39-30-13-3-7-21-6-1-2-8-25(21)30/h1-20,39H. The number of nitrogens with zero attached hydrogens (tertiary/aromatic N) is 3. The number of rotatable bonds is 5. The fraction of sp³-hybridized carbons (Fsp3) is 0. The number of carbonyl (C=O) groups excluding carboxylic acids is 1. The lowest BCUT2D eigenvalue weighted by molar-refractivity contribution is -0.110. The maximum Gasteiger partial charge on any atom is 0.227 e. The van der Waals surface area contributed by atoms with Crippen molar-refractivity contribution >= 4 is 77.7 Å². The molecule has 196 valence electrons. The highest BCUT2D eigenvalue weighted by atomic mass is 79.9. The molecule has 1 aliphatic rings. The Morgan fingerprint density at radius 1 is 0.829 bits per heavy atom. The van der Waals surface area contributed by atoms with E-state index in [1.165, 1.54) is 6.08 Å². The zero-order valence-electron chi connectivity index (χ0n) is 21.6. The molecule has 41 heavy (non-hydrogen) atoms. The maximum atomic E-state index is 12.6. The van der Waals surface area contributed by atoms with Gasteiger partial charge in [-0.25, -0.2) is 4.98 Å². The second-order valence-electron chi connectivity index (χ2n) is 9.54. The fourth-order valence-electron chi connectivity index (χ4n) is 4.87. The summed E-state index contributed by atoms with van der Waals surface area (Å²) < 4.78 is 7.11. The highest BCUT2D eigenvalue weighted by Crippen LogP contribution is 2.34. The lowest BCUT2D eigenvalue weighted by Gasteiger charge is -2.08. The Kier molecular flexibility index (Phi) is 6.34. The largest absolute Gasteiger partial charge is 0.436 e. The molecule has 6 aromatic rings. The van der Waals surface area contributed by atoms with Crippen LogP contribution in [0.25, 0.3) is 44.1 Å². The van der Waals surface area contributed by atoms with Gasteiger partial charge in [0.1, 0.15) is 5.52 Å². The summed E-state index contributed by atoms with van der Waals surface area (Å²) in [5.41, 5.74) is 8.01. The Balaban J connectivity index is 1.15. The van der Waals surface area contributed by atoms with Crippen LogP contribution in [0.5, 0.6) is 0 Å². The van der Waals surface area contributed by atoms with Crippen molar-refractivity contribution in [2.24, 2.45) is 10.1 Å². The van der Waals surface area contributed by atoms with Gasteiger partial charge in [0, 0.05) is 27.2 Å². The van der Waals surface area contributed by atoms with Crippen molar-refractivity contribution in [3.63, 3.8) is 0 Å². The van der Waals surface area contributed by atoms with Crippen LogP contribution >= 0.6 is 15.9 Å². The molecule has 1 aromatic heterocycles. The van der Waals surface area contributed by atoms with Gasteiger partial charge < -0.3 is 4.42 Å². The van der Waals surface area contributed by atoms with Crippen LogP contribution in [-0.2, 0) is 4.79 Å². The molecule has 0 saturated heterocycles. The molecule has 0 amide bonds. The van der Waals surface area contributed by atoms with Gasteiger partial charge in [0.2, 0.25) is 5.89 Å². The Morgan fingerprint density at radius 3 is 2.59 bits per heavy atom. The second kappa shape index (κ2) is 10.4. The molecule has 6 nitrogen and oxygen atoms in total. The third-order valence-electron chi connectivity index (χ3n) is 6.91. The summed E-state index contributed by atoms with van der Waals surface area (Å²) in [5.74, 6) is 0.407. The minimum Gasteiger partial charge on any atom is -0.436 e. The molecule has 0 aliphatic heterocycles. The topological polar surface area (TPSA) is 79.9 Å². The molecule has 1 N–H and O–H groups in total. The molecule has 1 heterocycles. The molecule has 0 atom stereocenters. The number of hydrogen-bond donors (Lipinski definition) is 1. The third-order valence-corrected chi connectivity index (χ3v) is 7.60. The number of halogens is 1. The summed E-state index contributed by atoms with van der Waals surface area (Å²) in [6.07, 6.45) is 6.46. The average molecular weight is 597 g/mol. The van der Waals surface area contributed by atoms with Crippen LogP contribution < -0.4 is 5.43 Å². The monoisotopic (exact) mass is 596 g/mol. The van der Waals surface area contributed by atoms with E-state index < -0.39 is 0 Å². The van der Waals surface area contributed by atoms with Gasteiger partial charge >= 0.3 is 0 Å². The van der Waals surface area contributed by atoms with Gasteiger partial charge in [0.15, 0.2) is 11.4 Å². The Labute approximate surface area is 243 Å². The van der Waals surface area contributed by atoms with E-state index in [2.05, 4.69) is 55.7 Å².